The van der Waals surface area contributed by atoms with Crippen LogP contribution in [0.2, 0.25) is 0 Å². The number of fused-ring (bicyclic) bond motifs is 1. The minimum absolute atomic E-state index is 0.884. The Labute approximate surface area is 101 Å². The number of aromatic nitrogens is 2. The van der Waals surface area contributed by atoms with Crippen molar-refractivity contribution in [1.29, 1.82) is 0 Å². The molecular weight excluding hydrogens is 212 g/mol. The second kappa shape index (κ2) is 4.24. The Morgan fingerprint density at radius 2 is 2.12 bits per heavy atom. The molecule has 0 aliphatic heterocycles. The van der Waals surface area contributed by atoms with E-state index >= 15 is 0 Å². The number of hydrogen-bond acceptors (Lipinski definition) is 2. The van der Waals surface area contributed by atoms with Crippen molar-refractivity contribution < 1.29 is 4.74 Å². The van der Waals surface area contributed by atoms with Crippen LogP contribution in [0.3, 0.4) is 0 Å². The summed E-state index contributed by atoms with van der Waals surface area (Å²) >= 11 is 0. The van der Waals surface area contributed by atoms with Gasteiger partial charge in [-0.15, -0.1) is 0 Å². The number of rotatable bonds is 2. The van der Waals surface area contributed by atoms with Gasteiger partial charge in [0.15, 0.2) is 0 Å². The highest BCUT2D eigenvalue weighted by molar-refractivity contribution is 5.65. The molecule has 0 radical (unpaired) electrons. The number of methoxy groups -OCH3 is 1. The van der Waals surface area contributed by atoms with Gasteiger partial charge >= 0.3 is 0 Å². The lowest BCUT2D eigenvalue weighted by atomic mass is 9.94. The fraction of sp³-hybridized carbons (Fsp3) is 0.357. The molecule has 0 saturated carbocycles. The van der Waals surface area contributed by atoms with Gasteiger partial charge in [0, 0.05) is 16.8 Å². The number of hydrogen-bond donors (Lipinski definition) is 1. The predicted molar refractivity (Wildman–Crippen MR) is 67.2 cm³/mol. The molecule has 0 spiro atoms. The maximum absolute atomic E-state index is 5.26. The quantitative estimate of drug-likeness (QED) is 0.858. The van der Waals surface area contributed by atoms with Gasteiger partial charge in [-0.25, -0.2) is 0 Å². The maximum atomic E-state index is 5.26. The zero-order chi connectivity index (χ0) is 11.7. The summed E-state index contributed by atoms with van der Waals surface area (Å²) in [5.74, 6) is 0.884. The summed E-state index contributed by atoms with van der Waals surface area (Å²) in [6.45, 7) is 0. The first-order chi connectivity index (χ1) is 8.38. The van der Waals surface area contributed by atoms with Crippen LogP contribution in [0.25, 0.3) is 11.3 Å². The van der Waals surface area contributed by atoms with Crippen LogP contribution in [0.1, 0.15) is 24.1 Å². The molecule has 1 heterocycles. The van der Waals surface area contributed by atoms with E-state index in [1.165, 1.54) is 24.1 Å². The van der Waals surface area contributed by atoms with Gasteiger partial charge in [-0.2, -0.15) is 5.10 Å². The Balaban J connectivity index is 2.05. The van der Waals surface area contributed by atoms with Crippen molar-refractivity contribution in [3.63, 3.8) is 0 Å². The monoisotopic (exact) mass is 228 g/mol. The minimum Gasteiger partial charge on any atom is -0.497 e. The molecular formula is C14H16N2O. The molecule has 1 aliphatic rings. The van der Waals surface area contributed by atoms with Gasteiger partial charge in [0.25, 0.3) is 0 Å². The lowest BCUT2D eigenvalue weighted by Gasteiger charge is -2.11. The van der Waals surface area contributed by atoms with E-state index in [1.54, 1.807) is 7.11 Å². The van der Waals surface area contributed by atoms with E-state index in [4.69, 9.17) is 4.74 Å². The molecule has 3 rings (SSSR count). The molecule has 0 unspecified atom stereocenters. The standard InChI is InChI=1S/C14H16N2O/c1-17-11-6-4-5-10(9-11)14-12-7-2-3-8-13(12)15-16-14/h4-6,9H,2-3,7-8H2,1H3,(H,15,16). The van der Waals surface area contributed by atoms with Crippen LogP contribution < -0.4 is 4.74 Å². The molecule has 1 aliphatic carbocycles. The van der Waals surface area contributed by atoms with Crippen LogP contribution in [0, 0.1) is 0 Å². The van der Waals surface area contributed by atoms with Crippen molar-refractivity contribution in [2.75, 3.05) is 7.11 Å². The lowest BCUT2D eigenvalue weighted by molar-refractivity contribution is 0.415. The second-order valence-corrected chi connectivity index (χ2v) is 4.47. The summed E-state index contributed by atoms with van der Waals surface area (Å²) in [7, 11) is 1.69. The van der Waals surface area contributed by atoms with E-state index in [2.05, 4.69) is 16.3 Å². The summed E-state index contributed by atoms with van der Waals surface area (Å²) < 4.78 is 5.26. The van der Waals surface area contributed by atoms with Crippen LogP contribution in [0.15, 0.2) is 24.3 Å². The first kappa shape index (κ1) is 10.4. The van der Waals surface area contributed by atoms with Crippen molar-refractivity contribution in [3.8, 4) is 17.0 Å². The van der Waals surface area contributed by atoms with E-state index in [0.717, 1.165) is 29.8 Å². The van der Waals surface area contributed by atoms with Crippen LogP contribution >= 0.6 is 0 Å². The topological polar surface area (TPSA) is 37.9 Å². The van der Waals surface area contributed by atoms with Crippen molar-refractivity contribution in [1.82, 2.24) is 10.2 Å². The number of benzene rings is 1. The molecule has 0 saturated heterocycles. The molecule has 0 bridgehead atoms. The molecule has 17 heavy (non-hydrogen) atoms. The van der Waals surface area contributed by atoms with Crippen LogP contribution in [0.5, 0.6) is 5.75 Å². The Bertz CT molecular complexity index is 531. The van der Waals surface area contributed by atoms with Crippen LogP contribution in [0.4, 0.5) is 0 Å². The van der Waals surface area contributed by atoms with Crippen molar-refractivity contribution >= 4 is 0 Å². The van der Waals surface area contributed by atoms with E-state index in [-0.39, 0.29) is 0 Å². The highest BCUT2D eigenvalue weighted by Crippen LogP contribution is 2.30. The molecule has 0 amide bonds. The normalized spacial score (nSPS) is 14.4. The van der Waals surface area contributed by atoms with Crippen LogP contribution in [-0.2, 0) is 12.8 Å². The molecule has 1 N–H and O–H groups in total. The minimum atomic E-state index is 0.884. The third kappa shape index (κ3) is 1.82. The number of ether oxygens (including phenoxy) is 1. The molecule has 1 aromatic heterocycles. The third-order valence-electron chi connectivity index (χ3n) is 3.40. The Hall–Kier alpha value is -1.77. The summed E-state index contributed by atoms with van der Waals surface area (Å²) in [5, 5.41) is 7.63. The van der Waals surface area contributed by atoms with Gasteiger partial charge in [0.2, 0.25) is 0 Å². The van der Waals surface area contributed by atoms with E-state index in [0.29, 0.717) is 0 Å². The van der Waals surface area contributed by atoms with Gasteiger partial charge in [-0.3, -0.25) is 5.10 Å². The Kier molecular flexibility index (Phi) is 2.59. The van der Waals surface area contributed by atoms with Gasteiger partial charge in [0.05, 0.1) is 12.8 Å². The first-order valence-corrected chi connectivity index (χ1v) is 6.09. The molecule has 3 heteroatoms. The highest BCUT2D eigenvalue weighted by atomic mass is 16.5. The number of nitrogens with zero attached hydrogens (tertiary/aromatic N) is 1. The molecule has 0 fully saturated rings. The van der Waals surface area contributed by atoms with Gasteiger partial charge in [-0.05, 0) is 37.8 Å². The lowest BCUT2D eigenvalue weighted by Crippen LogP contribution is -2.01. The zero-order valence-corrected chi connectivity index (χ0v) is 9.99. The summed E-state index contributed by atoms with van der Waals surface area (Å²) in [6, 6.07) is 8.11. The van der Waals surface area contributed by atoms with Crippen molar-refractivity contribution in [2.45, 2.75) is 25.7 Å². The number of aryl methyl sites for hydroxylation is 1. The maximum Gasteiger partial charge on any atom is 0.119 e. The molecule has 88 valence electrons. The van der Waals surface area contributed by atoms with Crippen molar-refractivity contribution in [2.24, 2.45) is 0 Å². The number of aromatic amines is 1. The number of H-pyrrole nitrogens is 1. The summed E-state index contributed by atoms with van der Waals surface area (Å²) in [5.41, 5.74) is 4.95. The Morgan fingerprint density at radius 1 is 1.24 bits per heavy atom. The summed E-state index contributed by atoms with van der Waals surface area (Å²) in [6.07, 6.45) is 4.81. The molecule has 3 nitrogen and oxygen atoms in total. The molecule has 1 aromatic carbocycles. The van der Waals surface area contributed by atoms with E-state index < -0.39 is 0 Å². The molecule has 2 aromatic rings. The van der Waals surface area contributed by atoms with Gasteiger partial charge < -0.3 is 4.74 Å². The molecule has 0 atom stereocenters. The zero-order valence-electron chi connectivity index (χ0n) is 9.99. The van der Waals surface area contributed by atoms with Crippen LogP contribution in [-0.4, -0.2) is 17.3 Å². The average molecular weight is 228 g/mol. The average Bonchev–Trinajstić information content (AvgIpc) is 2.82. The first-order valence-electron chi connectivity index (χ1n) is 6.09. The Morgan fingerprint density at radius 3 is 3.00 bits per heavy atom. The number of nitrogens with one attached hydrogen (secondary N) is 1. The fourth-order valence-corrected chi connectivity index (χ4v) is 2.49. The summed E-state index contributed by atoms with van der Waals surface area (Å²) in [4.78, 5) is 0. The van der Waals surface area contributed by atoms with E-state index in [9.17, 15) is 0 Å². The van der Waals surface area contributed by atoms with Gasteiger partial charge in [-0.1, -0.05) is 12.1 Å². The predicted octanol–water partition coefficient (Wildman–Crippen LogP) is 2.96. The SMILES string of the molecule is COc1cccc(-c2n[nH]c3c2CCCC3)c1. The fourth-order valence-electron chi connectivity index (χ4n) is 2.49. The third-order valence-corrected chi connectivity index (χ3v) is 3.40. The van der Waals surface area contributed by atoms with Gasteiger partial charge in [0.1, 0.15) is 5.75 Å². The second-order valence-electron chi connectivity index (χ2n) is 4.47. The van der Waals surface area contributed by atoms with Crippen molar-refractivity contribution in [3.05, 3.63) is 35.5 Å². The largest absolute Gasteiger partial charge is 0.497 e. The highest BCUT2D eigenvalue weighted by Gasteiger charge is 2.17. The van der Waals surface area contributed by atoms with E-state index in [1.807, 2.05) is 18.2 Å². The smallest absolute Gasteiger partial charge is 0.119 e.